The topological polar surface area (TPSA) is 95.2 Å². The summed E-state index contributed by atoms with van der Waals surface area (Å²) in [7, 11) is 0. The summed E-state index contributed by atoms with van der Waals surface area (Å²) in [5, 5.41) is 32.3. The molecule has 22 heavy (non-hydrogen) atoms. The van der Waals surface area contributed by atoms with Crippen LogP contribution < -0.4 is 0 Å². The first-order valence-electron chi connectivity index (χ1n) is 8.14. The second-order valence-corrected chi connectivity index (χ2v) is 5.62. The van der Waals surface area contributed by atoms with Crippen LogP contribution in [0.15, 0.2) is 0 Å². The molecule has 0 aromatic carbocycles. The average molecular weight is 301 g/mol. The first-order chi connectivity index (χ1) is 10.5. The molecular formula is C16H28BN5. The molecule has 0 atom stereocenters. The highest BCUT2D eigenvalue weighted by Crippen LogP contribution is 2.12. The summed E-state index contributed by atoms with van der Waals surface area (Å²) in [6.45, 7) is 14.8. The number of nitriles is 4. The van der Waals surface area contributed by atoms with Crippen molar-refractivity contribution >= 4 is 6.15 Å². The van der Waals surface area contributed by atoms with Gasteiger partial charge in [0, 0.05) is 0 Å². The SMILES string of the molecule is CCC[N+](CCC)(CCC)CCC.N#C[B-](C#N)(C#N)C#N. The van der Waals surface area contributed by atoms with E-state index in [0.717, 1.165) is 0 Å². The summed E-state index contributed by atoms with van der Waals surface area (Å²) in [6, 6.07) is 0. The van der Waals surface area contributed by atoms with Gasteiger partial charge in [0.25, 0.3) is 0 Å². The maximum atomic E-state index is 8.09. The largest absolute Gasteiger partial charge is 0.383 e. The van der Waals surface area contributed by atoms with Gasteiger partial charge in [0.1, 0.15) is 0 Å². The van der Waals surface area contributed by atoms with E-state index in [9.17, 15) is 0 Å². The molecule has 5 nitrogen and oxygen atoms in total. The van der Waals surface area contributed by atoms with E-state index in [1.165, 1.54) is 80.2 Å². The van der Waals surface area contributed by atoms with Crippen molar-refractivity contribution in [3.05, 3.63) is 0 Å². The summed E-state index contributed by atoms with van der Waals surface area (Å²) in [6.07, 6.45) is 2.61. The zero-order valence-corrected chi connectivity index (χ0v) is 14.5. The first kappa shape index (κ1) is 22.3. The van der Waals surface area contributed by atoms with Crippen molar-refractivity contribution in [2.75, 3.05) is 26.2 Å². The van der Waals surface area contributed by atoms with Gasteiger partial charge < -0.3 is 4.48 Å². The third-order valence-electron chi connectivity index (χ3n) is 3.57. The molecule has 0 aliphatic carbocycles. The van der Waals surface area contributed by atoms with E-state index in [1.807, 2.05) is 0 Å². The first-order valence-corrected chi connectivity index (χ1v) is 8.14. The van der Waals surface area contributed by atoms with Crippen LogP contribution in [0.2, 0.25) is 0 Å². The molecule has 0 N–H and O–H groups in total. The standard InChI is InChI=1S/C12H28N.C4BN4/c1-5-9-13(10-6-2,11-7-3)12-8-4;6-1-5(2-7,3-8)4-9/h5-12H2,1-4H3;/q+1;-1. The third kappa shape index (κ3) is 7.68. The van der Waals surface area contributed by atoms with Crippen LogP contribution in [0.4, 0.5) is 0 Å². The van der Waals surface area contributed by atoms with Crippen molar-refractivity contribution in [1.82, 2.24) is 0 Å². The maximum Gasteiger partial charge on any atom is 0.383 e. The Labute approximate surface area is 135 Å². The van der Waals surface area contributed by atoms with Crippen LogP contribution in [0, 0.1) is 44.9 Å². The summed E-state index contributed by atoms with van der Waals surface area (Å²) in [5.74, 6) is 5.38. The van der Waals surface area contributed by atoms with E-state index in [-0.39, 0.29) is 0 Å². The van der Waals surface area contributed by atoms with Crippen LogP contribution in [0.1, 0.15) is 53.4 Å². The van der Waals surface area contributed by atoms with Crippen molar-refractivity contribution in [2.45, 2.75) is 53.4 Å². The fourth-order valence-corrected chi connectivity index (χ4v) is 2.74. The highest BCUT2D eigenvalue weighted by molar-refractivity contribution is 7.05. The maximum absolute atomic E-state index is 8.09. The molecule has 0 spiro atoms. The normalized spacial score (nSPS) is 10.2. The fourth-order valence-electron chi connectivity index (χ4n) is 2.74. The molecule has 120 valence electrons. The van der Waals surface area contributed by atoms with E-state index in [2.05, 4.69) is 27.7 Å². The lowest BCUT2D eigenvalue weighted by Crippen LogP contribution is -2.50. The van der Waals surface area contributed by atoms with Gasteiger partial charge in [-0.05, 0) is 25.7 Å². The monoisotopic (exact) mass is 301 g/mol. The zero-order chi connectivity index (χ0) is 17.5. The second-order valence-electron chi connectivity index (χ2n) is 5.62. The lowest BCUT2D eigenvalue weighted by atomic mass is 9.30. The van der Waals surface area contributed by atoms with Crippen molar-refractivity contribution in [2.24, 2.45) is 0 Å². The van der Waals surface area contributed by atoms with Gasteiger partial charge in [0.15, 0.2) is 0 Å². The van der Waals surface area contributed by atoms with Gasteiger partial charge in [-0.1, -0.05) is 27.7 Å². The van der Waals surface area contributed by atoms with E-state index in [0.29, 0.717) is 0 Å². The molecule has 0 saturated carbocycles. The predicted octanol–water partition coefficient (Wildman–Crippen LogP) is 3.13. The van der Waals surface area contributed by atoms with Crippen LogP contribution >= 0.6 is 0 Å². The molecule has 0 rings (SSSR count). The van der Waals surface area contributed by atoms with Gasteiger partial charge in [-0.25, -0.2) is 21.0 Å². The van der Waals surface area contributed by atoms with Gasteiger partial charge in [0.05, 0.1) is 26.2 Å². The van der Waals surface area contributed by atoms with E-state index in [4.69, 9.17) is 21.0 Å². The summed E-state index contributed by atoms with van der Waals surface area (Å²) in [5.41, 5.74) is 0. The number of hydrogen-bond acceptors (Lipinski definition) is 4. The highest BCUT2D eigenvalue weighted by Gasteiger charge is 2.23. The summed E-state index contributed by atoms with van der Waals surface area (Å²) >= 11 is 0. The lowest BCUT2D eigenvalue weighted by Gasteiger charge is -2.38. The smallest absolute Gasteiger partial charge is 0.324 e. The minimum atomic E-state index is -2.72. The molecular weight excluding hydrogens is 273 g/mol. The van der Waals surface area contributed by atoms with Crippen LogP contribution in [0.3, 0.4) is 0 Å². The quantitative estimate of drug-likeness (QED) is 0.508. The van der Waals surface area contributed by atoms with Gasteiger partial charge in [-0.15, -0.1) is 23.9 Å². The Kier molecular flexibility index (Phi) is 12.9. The zero-order valence-electron chi connectivity index (χ0n) is 14.5. The molecule has 0 aliphatic heterocycles. The van der Waals surface area contributed by atoms with Crippen molar-refractivity contribution in [3.8, 4) is 23.9 Å². The lowest BCUT2D eigenvalue weighted by molar-refractivity contribution is -0.928. The van der Waals surface area contributed by atoms with Gasteiger partial charge in [-0.2, -0.15) is 0 Å². The number of quaternary nitrogens is 1. The van der Waals surface area contributed by atoms with Crippen LogP contribution in [0.5, 0.6) is 0 Å². The molecule has 0 aromatic heterocycles. The minimum Gasteiger partial charge on any atom is -0.324 e. The Hall–Kier alpha value is -2.02. The Morgan fingerprint density at radius 3 is 0.909 bits per heavy atom. The third-order valence-corrected chi connectivity index (χ3v) is 3.57. The molecule has 0 radical (unpaired) electrons. The Bertz CT molecular complexity index is 370. The predicted molar refractivity (Wildman–Crippen MR) is 89.1 cm³/mol. The number of rotatable bonds is 8. The molecule has 0 unspecified atom stereocenters. The molecule has 6 heteroatoms. The number of hydrogen-bond donors (Lipinski definition) is 0. The average Bonchev–Trinajstić information content (AvgIpc) is 2.52. The molecule has 0 fully saturated rings. The molecule has 0 heterocycles. The van der Waals surface area contributed by atoms with E-state index < -0.39 is 6.15 Å². The van der Waals surface area contributed by atoms with Crippen molar-refractivity contribution in [3.63, 3.8) is 0 Å². The Morgan fingerprint density at radius 1 is 0.591 bits per heavy atom. The highest BCUT2D eigenvalue weighted by atomic mass is 15.3. The van der Waals surface area contributed by atoms with Crippen LogP contribution in [-0.4, -0.2) is 36.8 Å². The second kappa shape index (κ2) is 12.7. The van der Waals surface area contributed by atoms with Crippen molar-refractivity contribution in [1.29, 1.82) is 21.0 Å². The van der Waals surface area contributed by atoms with E-state index >= 15 is 0 Å². The number of nitrogens with zero attached hydrogens (tertiary/aromatic N) is 5. The van der Waals surface area contributed by atoms with Crippen LogP contribution in [-0.2, 0) is 0 Å². The van der Waals surface area contributed by atoms with Crippen molar-refractivity contribution < 1.29 is 4.48 Å². The summed E-state index contributed by atoms with van der Waals surface area (Å²) < 4.78 is 1.38. The van der Waals surface area contributed by atoms with Gasteiger partial charge >= 0.3 is 6.15 Å². The summed E-state index contributed by atoms with van der Waals surface area (Å²) in [4.78, 5) is 0. The minimum absolute atomic E-state index is 1.33. The Morgan fingerprint density at radius 2 is 0.818 bits per heavy atom. The van der Waals surface area contributed by atoms with Crippen LogP contribution in [0.25, 0.3) is 0 Å². The van der Waals surface area contributed by atoms with Gasteiger partial charge in [0.2, 0.25) is 0 Å². The Balaban J connectivity index is 0. The molecule has 0 amide bonds. The van der Waals surface area contributed by atoms with Gasteiger partial charge in [-0.3, -0.25) is 0 Å². The van der Waals surface area contributed by atoms with E-state index in [1.54, 1.807) is 0 Å². The molecule has 0 aliphatic rings. The molecule has 0 saturated heterocycles. The molecule has 0 bridgehead atoms. The fraction of sp³-hybridized carbons (Fsp3) is 0.750. The molecule has 0 aromatic rings.